The number of fused-ring (bicyclic) bond motifs is 1. The van der Waals surface area contributed by atoms with Crippen molar-refractivity contribution in [1.82, 2.24) is 5.32 Å². The Morgan fingerprint density at radius 2 is 2.00 bits per heavy atom. The van der Waals surface area contributed by atoms with E-state index in [-0.39, 0.29) is 11.7 Å². The Kier molecular flexibility index (Phi) is 4.57. The first-order valence-corrected chi connectivity index (χ1v) is 8.11. The molecule has 0 saturated heterocycles. The van der Waals surface area contributed by atoms with E-state index in [4.69, 9.17) is 4.74 Å². The number of carbonyl (C=O) groups excluding carboxylic acids is 1. The Morgan fingerprint density at radius 1 is 1.22 bits per heavy atom. The quantitative estimate of drug-likeness (QED) is 0.714. The van der Waals surface area contributed by atoms with E-state index in [1.54, 1.807) is 18.2 Å². The summed E-state index contributed by atoms with van der Waals surface area (Å²) in [6, 6.07) is 14.2. The van der Waals surface area contributed by atoms with Crippen molar-refractivity contribution in [2.75, 3.05) is 13.2 Å². The molecule has 5 heteroatoms. The van der Waals surface area contributed by atoms with Gasteiger partial charge < -0.3 is 10.1 Å². The topological polar surface area (TPSA) is 38.3 Å². The molecule has 3 aromatic rings. The summed E-state index contributed by atoms with van der Waals surface area (Å²) in [7, 11) is 0. The van der Waals surface area contributed by atoms with E-state index >= 15 is 0 Å². The van der Waals surface area contributed by atoms with Crippen LogP contribution in [-0.2, 0) is 0 Å². The highest BCUT2D eigenvalue weighted by atomic mass is 32.1. The Hall–Kier alpha value is -2.40. The van der Waals surface area contributed by atoms with Crippen LogP contribution in [0.1, 0.15) is 15.2 Å². The molecule has 1 aromatic heterocycles. The minimum Gasteiger partial charge on any atom is -0.492 e. The largest absolute Gasteiger partial charge is 0.492 e. The second-order valence-corrected chi connectivity index (χ2v) is 6.26. The molecule has 3 rings (SSSR count). The number of thiophene rings is 1. The Bertz CT molecular complexity index is 827. The minimum atomic E-state index is -0.305. The van der Waals surface area contributed by atoms with E-state index in [2.05, 4.69) is 5.32 Å². The third-order valence-corrected chi connectivity index (χ3v) is 4.51. The zero-order chi connectivity index (χ0) is 16.2. The maximum atomic E-state index is 13.6. The van der Waals surface area contributed by atoms with Crippen LogP contribution in [0.25, 0.3) is 10.1 Å². The Balaban J connectivity index is 1.54. The summed E-state index contributed by atoms with van der Waals surface area (Å²) in [6.45, 7) is 2.79. The van der Waals surface area contributed by atoms with Crippen LogP contribution in [0, 0.1) is 12.7 Å². The first-order valence-electron chi connectivity index (χ1n) is 7.29. The van der Waals surface area contributed by atoms with Crippen molar-refractivity contribution in [2.24, 2.45) is 0 Å². The second-order valence-electron chi connectivity index (χ2n) is 5.18. The average Bonchev–Trinajstić information content (AvgIpc) is 2.99. The molecule has 0 atom stereocenters. The van der Waals surface area contributed by atoms with Crippen molar-refractivity contribution in [3.05, 3.63) is 64.8 Å². The summed E-state index contributed by atoms with van der Waals surface area (Å²) in [4.78, 5) is 12.6. The third kappa shape index (κ3) is 3.68. The van der Waals surface area contributed by atoms with E-state index in [9.17, 15) is 9.18 Å². The number of hydrogen-bond acceptors (Lipinski definition) is 3. The molecule has 0 aliphatic carbocycles. The molecule has 0 spiro atoms. The Morgan fingerprint density at radius 3 is 2.74 bits per heavy atom. The van der Waals surface area contributed by atoms with Crippen LogP contribution in [0.5, 0.6) is 5.75 Å². The molecule has 1 heterocycles. The number of hydrogen-bond donors (Lipinski definition) is 1. The summed E-state index contributed by atoms with van der Waals surface area (Å²) < 4.78 is 20.0. The highest BCUT2D eigenvalue weighted by Crippen LogP contribution is 2.27. The number of aryl methyl sites for hydroxylation is 1. The van der Waals surface area contributed by atoms with Gasteiger partial charge >= 0.3 is 0 Å². The highest BCUT2D eigenvalue weighted by molar-refractivity contribution is 7.20. The fraction of sp³-hybridized carbons (Fsp3) is 0.167. The van der Waals surface area contributed by atoms with Crippen molar-refractivity contribution in [1.29, 1.82) is 0 Å². The van der Waals surface area contributed by atoms with Gasteiger partial charge in [-0.2, -0.15) is 0 Å². The van der Waals surface area contributed by atoms with E-state index in [1.165, 1.54) is 23.0 Å². The lowest BCUT2D eigenvalue weighted by Crippen LogP contribution is -2.27. The molecule has 0 bridgehead atoms. The van der Waals surface area contributed by atoms with E-state index < -0.39 is 0 Å². The van der Waals surface area contributed by atoms with Crippen molar-refractivity contribution in [3.63, 3.8) is 0 Å². The number of ether oxygens (including phenoxy) is 1. The average molecular weight is 329 g/mol. The number of carbonyl (C=O) groups is 1. The molecule has 3 nitrogen and oxygen atoms in total. The predicted molar refractivity (Wildman–Crippen MR) is 90.8 cm³/mol. The van der Waals surface area contributed by atoms with Crippen LogP contribution >= 0.6 is 11.3 Å². The molecular formula is C18H16FNO2S. The summed E-state index contributed by atoms with van der Waals surface area (Å²) in [5, 5.41) is 3.27. The van der Waals surface area contributed by atoms with Gasteiger partial charge in [-0.15, -0.1) is 11.3 Å². The van der Waals surface area contributed by atoms with Crippen molar-refractivity contribution >= 4 is 27.3 Å². The molecule has 0 unspecified atom stereocenters. The molecule has 1 N–H and O–H groups in total. The van der Waals surface area contributed by atoms with E-state index in [1.807, 2.05) is 31.2 Å². The molecule has 0 aliphatic heterocycles. The summed E-state index contributed by atoms with van der Waals surface area (Å²) >= 11 is 1.28. The molecule has 1 amide bonds. The van der Waals surface area contributed by atoms with Gasteiger partial charge in [-0.1, -0.05) is 23.8 Å². The molecule has 0 radical (unpaired) electrons. The molecule has 0 saturated carbocycles. The summed E-state index contributed by atoms with van der Waals surface area (Å²) in [5.74, 6) is 0.257. The summed E-state index contributed by atoms with van der Waals surface area (Å²) in [6.07, 6.45) is 0. The van der Waals surface area contributed by atoms with Crippen molar-refractivity contribution in [2.45, 2.75) is 6.92 Å². The predicted octanol–water partition coefficient (Wildman–Crippen LogP) is 4.16. The van der Waals surface area contributed by atoms with Crippen LogP contribution in [0.15, 0.2) is 48.5 Å². The lowest BCUT2D eigenvalue weighted by atomic mass is 10.2. The first kappa shape index (κ1) is 15.5. The fourth-order valence-electron chi connectivity index (χ4n) is 2.19. The van der Waals surface area contributed by atoms with Crippen molar-refractivity contribution < 1.29 is 13.9 Å². The van der Waals surface area contributed by atoms with Gasteiger partial charge in [0.2, 0.25) is 0 Å². The lowest BCUT2D eigenvalue weighted by molar-refractivity contribution is 0.0951. The van der Waals surface area contributed by atoms with Crippen LogP contribution in [0.3, 0.4) is 0 Å². The molecular weight excluding hydrogens is 313 g/mol. The zero-order valence-corrected chi connectivity index (χ0v) is 13.5. The van der Waals surface area contributed by atoms with E-state index in [0.717, 1.165) is 10.4 Å². The number of rotatable bonds is 5. The van der Waals surface area contributed by atoms with Gasteiger partial charge in [-0.3, -0.25) is 4.79 Å². The monoisotopic (exact) mass is 329 g/mol. The second kappa shape index (κ2) is 6.79. The third-order valence-electron chi connectivity index (χ3n) is 3.41. The van der Waals surface area contributed by atoms with Gasteiger partial charge in [0, 0.05) is 10.1 Å². The standard InChI is InChI=1S/C18H16FNO2S/c1-12-5-7-13(8-6-12)22-10-9-20-18(21)17-11-14-15(19)3-2-4-16(14)23-17/h2-8,11H,9-10H2,1H3,(H,20,21). The van der Waals surface area contributed by atoms with Crippen LogP contribution in [0.4, 0.5) is 4.39 Å². The van der Waals surface area contributed by atoms with Crippen molar-refractivity contribution in [3.8, 4) is 5.75 Å². The van der Waals surface area contributed by atoms with Gasteiger partial charge in [0.05, 0.1) is 11.4 Å². The maximum absolute atomic E-state index is 13.6. The first-order chi connectivity index (χ1) is 11.1. The molecule has 118 valence electrons. The van der Waals surface area contributed by atoms with E-state index in [0.29, 0.717) is 23.4 Å². The number of benzene rings is 2. The van der Waals surface area contributed by atoms with Crippen LogP contribution in [0.2, 0.25) is 0 Å². The van der Waals surface area contributed by atoms with Gasteiger partial charge in [0.15, 0.2) is 0 Å². The van der Waals surface area contributed by atoms with Crippen LogP contribution < -0.4 is 10.1 Å². The minimum absolute atomic E-state index is 0.210. The number of amides is 1. The van der Waals surface area contributed by atoms with Gasteiger partial charge in [-0.25, -0.2) is 4.39 Å². The number of halogens is 1. The smallest absolute Gasteiger partial charge is 0.261 e. The van der Waals surface area contributed by atoms with Gasteiger partial charge in [-0.05, 0) is 37.3 Å². The fourth-order valence-corrected chi connectivity index (χ4v) is 3.18. The van der Waals surface area contributed by atoms with Crippen LogP contribution in [-0.4, -0.2) is 19.1 Å². The number of nitrogens with one attached hydrogen (secondary N) is 1. The van der Waals surface area contributed by atoms with Gasteiger partial charge in [0.1, 0.15) is 18.2 Å². The van der Waals surface area contributed by atoms with Gasteiger partial charge in [0.25, 0.3) is 5.91 Å². The lowest BCUT2D eigenvalue weighted by Gasteiger charge is -2.07. The SMILES string of the molecule is Cc1ccc(OCCNC(=O)c2cc3c(F)cccc3s2)cc1. The zero-order valence-electron chi connectivity index (χ0n) is 12.6. The highest BCUT2D eigenvalue weighted by Gasteiger charge is 2.11. The molecule has 0 aliphatic rings. The molecule has 0 fully saturated rings. The summed E-state index contributed by atoms with van der Waals surface area (Å²) in [5.41, 5.74) is 1.17. The Labute approximate surface area is 137 Å². The maximum Gasteiger partial charge on any atom is 0.261 e. The molecule has 23 heavy (non-hydrogen) atoms. The molecule has 2 aromatic carbocycles. The normalized spacial score (nSPS) is 10.7.